The average Bonchev–Trinajstić information content (AvgIpc) is 2.57. The van der Waals surface area contributed by atoms with E-state index in [0.717, 1.165) is 15.4 Å². The lowest BCUT2D eigenvalue weighted by molar-refractivity contribution is -0.385. The van der Waals surface area contributed by atoms with Crippen molar-refractivity contribution in [3.8, 4) is 0 Å². The van der Waals surface area contributed by atoms with Crippen LogP contribution in [-0.2, 0) is 0 Å². The summed E-state index contributed by atoms with van der Waals surface area (Å²) in [6, 6.07) is 11.3. The van der Waals surface area contributed by atoms with E-state index >= 15 is 0 Å². The first-order valence-electron chi connectivity index (χ1n) is 7.32. The highest BCUT2D eigenvalue weighted by atomic mass is 79.9. The zero-order valence-electron chi connectivity index (χ0n) is 13.1. The second kappa shape index (κ2) is 6.86. The molecule has 1 aromatic heterocycles. The molecule has 0 fully saturated rings. The molecule has 0 aliphatic carbocycles. The predicted molar refractivity (Wildman–Crippen MR) is 99.9 cm³/mol. The lowest BCUT2D eigenvalue weighted by Crippen LogP contribution is -2.20. The summed E-state index contributed by atoms with van der Waals surface area (Å²) in [7, 11) is 0. The maximum absolute atomic E-state index is 12.3. The molecule has 126 valence electrons. The van der Waals surface area contributed by atoms with E-state index < -0.39 is 11.0 Å². The van der Waals surface area contributed by atoms with E-state index in [2.05, 4.69) is 31.5 Å². The number of halogens is 1. The molecule has 0 bridgehead atoms. The van der Waals surface area contributed by atoms with Crippen molar-refractivity contribution in [3.63, 3.8) is 0 Å². The minimum absolute atomic E-state index is 0.0453. The van der Waals surface area contributed by atoms with Crippen LogP contribution in [0.5, 0.6) is 0 Å². The van der Waals surface area contributed by atoms with Crippen LogP contribution in [0.25, 0.3) is 10.9 Å². The Morgan fingerprint density at radius 1 is 1.16 bits per heavy atom. The summed E-state index contributed by atoms with van der Waals surface area (Å²) in [5.41, 5.74) is 2.06. The molecule has 0 spiro atoms. The average molecular weight is 401 g/mol. The monoisotopic (exact) mass is 400 g/mol. The van der Waals surface area contributed by atoms with Gasteiger partial charge in [-0.15, -0.1) is 0 Å². The molecule has 25 heavy (non-hydrogen) atoms. The zero-order chi connectivity index (χ0) is 18.0. The molecule has 1 heterocycles. The van der Waals surface area contributed by atoms with Gasteiger partial charge in [0.05, 0.1) is 27.4 Å². The van der Waals surface area contributed by atoms with Crippen molar-refractivity contribution in [2.24, 2.45) is 0 Å². The predicted octanol–water partition coefficient (Wildman–Crippen LogP) is 4.86. The summed E-state index contributed by atoms with van der Waals surface area (Å²) in [5, 5.41) is 17.2. The van der Waals surface area contributed by atoms with Crippen LogP contribution in [0.4, 0.5) is 21.9 Å². The molecule has 0 aliphatic rings. The van der Waals surface area contributed by atoms with Gasteiger partial charge in [-0.3, -0.25) is 15.1 Å². The van der Waals surface area contributed by atoms with Gasteiger partial charge in [0.1, 0.15) is 0 Å². The fourth-order valence-electron chi connectivity index (χ4n) is 2.46. The Labute approximate surface area is 151 Å². The Morgan fingerprint density at radius 2 is 1.92 bits per heavy atom. The Kier molecular flexibility index (Phi) is 4.62. The SMILES string of the molecule is Cc1c(NC(=O)Nc2ccnc3ccc(Br)cc23)cccc1[N+](=O)[O-]. The highest BCUT2D eigenvalue weighted by Crippen LogP contribution is 2.27. The van der Waals surface area contributed by atoms with E-state index in [1.165, 1.54) is 12.1 Å². The van der Waals surface area contributed by atoms with Gasteiger partial charge < -0.3 is 10.6 Å². The van der Waals surface area contributed by atoms with Gasteiger partial charge in [-0.1, -0.05) is 22.0 Å². The molecule has 0 radical (unpaired) electrons. The van der Waals surface area contributed by atoms with Crippen molar-refractivity contribution >= 4 is 49.9 Å². The van der Waals surface area contributed by atoms with Gasteiger partial charge in [0.15, 0.2) is 0 Å². The van der Waals surface area contributed by atoms with Crippen molar-refractivity contribution < 1.29 is 9.72 Å². The molecule has 0 atom stereocenters. The number of nitrogens with one attached hydrogen (secondary N) is 2. The maximum Gasteiger partial charge on any atom is 0.323 e. The number of benzene rings is 2. The number of nitrogens with zero attached hydrogens (tertiary/aromatic N) is 2. The molecule has 0 saturated heterocycles. The first kappa shape index (κ1) is 16.8. The molecule has 2 amide bonds. The second-order valence-electron chi connectivity index (χ2n) is 5.31. The maximum atomic E-state index is 12.3. The van der Waals surface area contributed by atoms with E-state index in [1.807, 2.05) is 18.2 Å². The van der Waals surface area contributed by atoms with Crippen LogP contribution in [0.3, 0.4) is 0 Å². The standard InChI is InChI=1S/C17H13BrN4O3/c1-10-13(3-2-4-16(10)22(24)25)20-17(23)21-15-7-8-19-14-6-5-11(18)9-12(14)15/h2-9H,1H3,(H2,19,20,21,23). The molecule has 7 nitrogen and oxygen atoms in total. The van der Waals surface area contributed by atoms with E-state index in [9.17, 15) is 14.9 Å². The lowest BCUT2D eigenvalue weighted by atomic mass is 10.1. The number of anilines is 2. The molecule has 3 rings (SSSR count). The molecule has 0 saturated carbocycles. The summed E-state index contributed by atoms with van der Waals surface area (Å²) >= 11 is 3.40. The fourth-order valence-corrected chi connectivity index (χ4v) is 2.82. The first-order chi connectivity index (χ1) is 12.0. The van der Waals surface area contributed by atoms with E-state index in [-0.39, 0.29) is 5.69 Å². The Morgan fingerprint density at radius 3 is 2.68 bits per heavy atom. The summed E-state index contributed by atoms with van der Waals surface area (Å²) in [4.78, 5) is 27.1. The third kappa shape index (κ3) is 3.58. The number of nitro groups is 1. The van der Waals surface area contributed by atoms with Gasteiger partial charge in [-0.25, -0.2) is 4.79 Å². The summed E-state index contributed by atoms with van der Waals surface area (Å²) < 4.78 is 0.867. The Bertz CT molecular complexity index is 991. The number of aromatic nitrogens is 1. The quantitative estimate of drug-likeness (QED) is 0.484. The molecule has 0 unspecified atom stereocenters. The van der Waals surface area contributed by atoms with Gasteiger partial charge >= 0.3 is 6.03 Å². The van der Waals surface area contributed by atoms with Gasteiger partial charge in [0.2, 0.25) is 0 Å². The molecule has 8 heteroatoms. The van der Waals surface area contributed by atoms with Crippen molar-refractivity contribution in [2.75, 3.05) is 10.6 Å². The fraction of sp³-hybridized carbons (Fsp3) is 0.0588. The van der Waals surface area contributed by atoms with Crippen molar-refractivity contribution in [1.29, 1.82) is 0 Å². The zero-order valence-corrected chi connectivity index (χ0v) is 14.7. The first-order valence-corrected chi connectivity index (χ1v) is 8.11. The second-order valence-corrected chi connectivity index (χ2v) is 6.22. The summed E-state index contributed by atoms with van der Waals surface area (Å²) in [5.74, 6) is 0. The number of carbonyl (C=O) groups excluding carboxylic acids is 1. The van der Waals surface area contributed by atoms with Crippen LogP contribution in [-0.4, -0.2) is 15.9 Å². The van der Waals surface area contributed by atoms with Crippen LogP contribution in [0.1, 0.15) is 5.56 Å². The number of pyridine rings is 1. The minimum Gasteiger partial charge on any atom is -0.307 e. The number of urea groups is 1. The van der Waals surface area contributed by atoms with E-state index in [4.69, 9.17) is 0 Å². The van der Waals surface area contributed by atoms with Gasteiger partial charge in [-0.05, 0) is 37.3 Å². The number of rotatable bonds is 3. The largest absolute Gasteiger partial charge is 0.323 e. The highest BCUT2D eigenvalue weighted by Gasteiger charge is 2.15. The van der Waals surface area contributed by atoms with Crippen molar-refractivity contribution in [3.05, 3.63) is 68.8 Å². The van der Waals surface area contributed by atoms with Crippen LogP contribution in [0, 0.1) is 17.0 Å². The number of amides is 2. The normalized spacial score (nSPS) is 10.5. The third-order valence-electron chi connectivity index (χ3n) is 3.70. The number of hydrogen-bond donors (Lipinski definition) is 2. The smallest absolute Gasteiger partial charge is 0.307 e. The van der Waals surface area contributed by atoms with Gasteiger partial charge in [-0.2, -0.15) is 0 Å². The van der Waals surface area contributed by atoms with Gasteiger partial charge in [0, 0.05) is 22.1 Å². The van der Waals surface area contributed by atoms with Crippen molar-refractivity contribution in [2.45, 2.75) is 6.92 Å². The third-order valence-corrected chi connectivity index (χ3v) is 4.20. The molecule has 3 aromatic rings. The molecular weight excluding hydrogens is 388 g/mol. The van der Waals surface area contributed by atoms with E-state index in [0.29, 0.717) is 16.9 Å². The lowest BCUT2D eigenvalue weighted by Gasteiger charge is -2.11. The topological polar surface area (TPSA) is 97.2 Å². The Balaban J connectivity index is 1.86. The summed E-state index contributed by atoms with van der Waals surface area (Å²) in [6.07, 6.45) is 1.60. The van der Waals surface area contributed by atoms with Crippen LogP contribution in [0.2, 0.25) is 0 Å². The molecule has 0 aliphatic heterocycles. The van der Waals surface area contributed by atoms with Crippen LogP contribution in [0.15, 0.2) is 53.1 Å². The number of fused-ring (bicyclic) bond motifs is 1. The van der Waals surface area contributed by atoms with Gasteiger partial charge in [0.25, 0.3) is 5.69 Å². The number of carbonyl (C=O) groups is 1. The van der Waals surface area contributed by atoms with Crippen molar-refractivity contribution in [1.82, 2.24) is 4.98 Å². The van der Waals surface area contributed by atoms with Crippen LogP contribution < -0.4 is 10.6 Å². The molecule has 2 aromatic carbocycles. The summed E-state index contributed by atoms with van der Waals surface area (Å²) in [6.45, 7) is 1.59. The Hall–Kier alpha value is -3.00. The highest BCUT2D eigenvalue weighted by molar-refractivity contribution is 9.10. The minimum atomic E-state index is -0.490. The molecule has 2 N–H and O–H groups in total. The van der Waals surface area contributed by atoms with Crippen LogP contribution >= 0.6 is 15.9 Å². The number of nitro benzene ring substituents is 1. The molecular formula is C17H13BrN4O3. The number of hydrogen-bond acceptors (Lipinski definition) is 4. The van der Waals surface area contributed by atoms with E-state index in [1.54, 1.807) is 25.3 Å².